The van der Waals surface area contributed by atoms with E-state index in [4.69, 9.17) is 10.5 Å². The first kappa shape index (κ1) is 10.4. The predicted octanol–water partition coefficient (Wildman–Crippen LogP) is 0.921. The zero-order valence-electron chi connectivity index (χ0n) is 7.63. The predicted molar refractivity (Wildman–Crippen MR) is 44.0 cm³/mol. The fourth-order valence-corrected chi connectivity index (χ4v) is 0.583. The quantitative estimate of drug-likeness (QED) is 0.623. The van der Waals surface area contributed by atoms with Crippen LogP contribution < -0.4 is 5.73 Å². The van der Waals surface area contributed by atoms with Gasteiger partial charge in [-0.1, -0.05) is 13.8 Å². The van der Waals surface area contributed by atoms with Crippen molar-refractivity contribution in [1.29, 1.82) is 0 Å². The average Bonchev–Trinajstić information content (AvgIpc) is 1.84. The summed E-state index contributed by atoms with van der Waals surface area (Å²) in [5.74, 6) is -0.170. The molecule has 0 aliphatic carbocycles. The summed E-state index contributed by atoms with van der Waals surface area (Å²) in [7, 11) is 0. The lowest BCUT2D eigenvalue weighted by Gasteiger charge is -2.16. The third-order valence-corrected chi connectivity index (χ3v) is 1.34. The highest BCUT2D eigenvalue weighted by atomic mass is 16.5. The van der Waals surface area contributed by atoms with Crippen LogP contribution in [0.4, 0.5) is 0 Å². The molecule has 0 unspecified atom stereocenters. The SMILES string of the molecule is CC(C)OC(=O)[C@@H](N)C(C)C. The molecule has 0 saturated heterocycles. The molecule has 0 aliphatic heterocycles. The normalized spacial score (nSPS) is 13.7. The Labute approximate surface area is 67.9 Å². The first-order valence-corrected chi connectivity index (χ1v) is 3.91. The number of carbonyl (C=O) groups excluding carboxylic acids is 1. The van der Waals surface area contributed by atoms with E-state index in [0.717, 1.165) is 0 Å². The largest absolute Gasteiger partial charge is 0.462 e. The molecule has 0 aromatic carbocycles. The fraction of sp³-hybridized carbons (Fsp3) is 0.875. The lowest BCUT2D eigenvalue weighted by atomic mass is 10.1. The van der Waals surface area contributed by atoms with E-state index in [2.05, 4.69) is 0 Å². The van der Waals surface area contributed by atoms with Gasteiger partial charge in [0.15, 0.2) is 0 Å². The van der Waals surface area contributed by atoms with Crippen molar-refractivity contribution >= 4 is 5.97 Å². The van der Waals surface area contributed by atoms with Crippen LogP contribution in [-0.2, 0) is 9.53 Å². The Morgan fingerprint density at radius 1 is 1.27 bits per heavy atom. The van der Waals surface area contributed by atoms with E-state index in [0.29, 0.717) is 0 Å². The van der Waals surface area contributed by atoms with Gasteiger partial charge < -0.3 is 10.5 Å². The van der Waals surface area contributed by atoms with Gasteiger partial charge in [-0.05, 0) is 19.8 Å². The second-order valence-electron chi connectivity index (χ2n) is 3.26. The van der Waals surface area contributed by atoms with Gasteiger partial charge in [0.25, 0.3) is 0 Å². The molecule has 0 radical (unpaired) electrons. The van der Waals surface area contributed by atoms with Gasteiger partial charge in [0.2, 0.25) is 0 Å². The van der Waals surface area contributed by atoms with Crippen LogP contribution >= 0.6 is 0 Å². The maximum Gasteiger partial charge on any atom is 0.323 e. The molecule has 2 N–H and O–H groups in total. The molecule has 0 amide bonds. The van der Waals surface area contributed by atoms with E-state index in [1.807, 2.05) is 27.7 Å². The van der Waals surface area contributed by atoms with Crippen LogP contribution in [-0.4, -0.2) is 18.1 Å². The summed E-state index contributed by atoms with van der Waals surface area (Å²) in [5.41, 5.74) is 5.53. The van der Waals surface area contributed by atoms with Gasteiger partial charge in [0, 0.05) is 0 Å². The van der Waals surface area contributed by atoms with Crippen molar-refractivity contribution in [2.45, 2.75) is 39.8 Å². The first-order valence-electron chi connectivity index (χ1n) is 3.91. The van der Waals surface area contributed by atoms with Crippen molar-refractivity contribution in [2.75, 3.05) is 0 Å². The van der Waals surface area contributed by atoms with Gasteiger partial charge in [-0.15, -0.1) is 0 Å². The third-order valence-electron chi connectivity index (χ3n) is 1.34. The van der Waals surface area contributed by atoms with Crippen molar-refractivity contribution in [3.63, 3.8) is 0 Å². The van der Waals surface area contributed by atoms with Crippen LogP contribution in [0.25, 0.3) is 0 Å². The molecule has 0 heterocycles. The van der Waals surface area contributed by atoms with Gasteiger partial charge in [0.05, 0.1) is 6.10 Å². The van der Waals surface area contributed by atoms with Crippen LogP contribution in [0.2, 0.25) is 0 Å². The topological polar surface area (TPSA) is 52.3 Å². The van der Waals surface area contributed by atoms with Crippen molar-refractivity contribution < 1.29 is 9.53 Å². The summed E-state index contributed by atoms with van der Waals surface area (Å²) < 4.78 is 4.91. The smallest absolute Gasteiger partial charge is 0.323 e. The van der Waals surface area contributed by atoms with E-state index >= 15 is 0 Å². The van der Waals surface area contributed by atoms with Crippen LogP contribution in [0.15, 0.2) is 0 Å². The summed E-state index contributed by atoms with van der Waals surface area (Å²) in [5, 5.41) is 0. The van der Waals surface area contributed by atoms with E-state index in [1.54, 1.807) is 0 Å². The molecule has 0 spiro atoms. The first-order chi connectivity index (χ1) is 4.95. The lowest BCUT2D eigenvalue weighted by molar-refractivity contribution is -0.150. The van der Waals surface area contributed by atoms with Crippen molar-refractivity contribution in [2.24, 2.45) is 11.7 Å². The van der Waals surface area contributed by atoms with E-state index in [-0.39, 0.29) is 18.0 Å². The van der Waals surface area contributed by atoms with Crippen LogP contribution in [0, 0.1) is 5.92 Å². The number of ether oxygens (including phenoxy) is 1. The zero-order valence-corrected chi connectivity index (χ0v) is 7.63. The monoisotopic (exact) mass is 159 g/mol. The third kappa shape index (κ3) is 3.98. The molecule has 0 aromatic rings. The standard InChI is InChI=1S/C8H17NO2/c1-5(2)7(9)8(10)11-6(3)4/h5-7H,9H2,1-4H3/t7-/m0/s1. The minimum absolute atomic E-state index is 0.0766. The molecular weight excluding hydrogens is 142 g/mol. The average molecular weight is 159 g/mol. The van der Waals surface area contributed by atoms with Crippen molar-refractivity contribution in [1.82, 2.24) is 0 Å². The van der Waals surface area contributed by atoms with Gasteiger partial charge in [-0.25, -0.2) is 0 Å². The summed E-state index contributed by atoms with van der Waals surface area (Å²) in [4.78, 5) is 11.0. The van der Waals surface area contributed by atoms with Crippen LogP contribution in [0.1, 0.15) is 27.7 Å². The molecule has 11 heavy (non-hydrogen) atoms. The summed E-state index contributed by atoms with van der Waals surface area (Å²) in [6, 6.07) is -0.489. The number of rotatable bonds is 3. The molecule has 0 aliphatic rings. The van der Waals surface area contributed by atoms with Crippen molar-refractivity contribution in [3.05, 3.63) is 0 Å². The number of nitrogens with two attached hydrogens (primary N) is 1. The molecule has 3 nitrogen and oxygen atoms in total. The number of hydrogen-bond acceptors (Lipinski definition) is 3. The Morgan fingerprint density at radius 2 is 1.73 bits per heavy atom. The number of esters is 1. The Kier molecular flexibility index (Phi) is 4.11. The summed E-state index contributed by atoms with van der Waals surface area (Å²) >= 11 is 0. The number of hydrogen-bond donors (Lipinski definition) is 1. The van der Waals surface area contributed by atoms with Gasteiger partial charge >= 0.3 is 5.97 Å². The highest BCUT2D eigenvalue weighted by Gasteiger charge is 2.19. The minimum atomic E-state index is -0.489. The zero-order chi connectivity index (χ0) is 9.02. The van der Waals surface area contributed by atoms with Gasteiger partial charge in [0.1, 0.15) is 6.04 Å². The minimum Gasteiger partial charge on any atom is -0.462 e. The summed E-state index contributed by atoms with van der Waals surface area (Å²) in [6.07, 6.45) is -0.0766. The maximum absolute atomic E-state index is 11.0. The molecule has 66 valence electrons. The Morgan fingerprint density at radius 3 is 2.00 bits per heavy atom. The van der Waals surface area contributed by atoms with Gasteiger partial charge in [-0.3, -0.25) is 4.79 Å². The van der Waals surface area contributed by atoms with E-state index in [1.165, 1.54) is 0 Å². The highest BCUT2D eigenvalue weighted by molar-refractivity contribution is 5.75. The molecule has 0 rings (SSSR count). The Bertz CT molecular complexity index is 132. The second-order valence-corrected chi connectivity index (χ2v) is 3.26. The Balaban J connectivity index is 3.83. The van der Waals surface area contributed by atoms with Crippen LogP contribution in [0.3, 0.4) is 0 Å². The lowest BCUT2D eigenvalue weighted by Crippen LogP contribution is -2.38. The summed E-state index contributed by atoms with van der Waals surface area (Å²) in [6.45, 7) is 7.41. The molecular formula is C8H17NO2. The fourth-order valence-electron chi connectivity index (χ4n) is 0.583. The van der Waals surface area contributed by atoms with Gasteiger partial charge in [-0.2, -0.15) is 0 Å². The molecule has 3 heteroatoms. The second kappa shape index (κ2) is 4.34. The van der Waals surface area contributed by atoms with Crippen molar-refractivity contribution in [3.8, 4) is 0 Å². The highest BCUT2D eigenvalue weighted by Crippen LogP contribution is 2.02. The molecule has 1 atom stereocenters. The molecule has 0 aromatic heterocycles. The maximum atomic E-state index is 11.0. The van der Waals surface area contributed by atoms with E-state index < -0.39 is 6.04 Å². The number of carbonyl (C=O) groups is 1. The molecule has 0 bridgehead atoms. The molecule has 0 fully saturated rings. The Hall–Kier alpha value is -0.570. The molecule has 0 saturated carbocycles. The van der Waals surface area contributed by atoms with Crippen LogP contribution in [0.5, 0.6) is 0 Å². The van der Waals surface area contributed by atoms with E-state index in [9.17, 15) is 4.79 Å².